The summed E-state index contributed by atoms with van der Waals surface area (Å²) in [6.45, 7) is 3.31. The van der Waals surface area contributed by atoms with Crippen molar-refractivity contribution in [2.24, 2.45) is 5.92 Å². The number of rotatable bonds is 5. The van der Waals surface area contributed by atoms with E-state index in [-0.39, 0.29) is 17.2 Å². The predicted molar refractivity (Wildman–Crippen MR) is 112 cm³/mol. The number of nitrogens with zero attached hydrogens (tertiary/aromatic N) is 2. The summed E-state index contributed by atoms with van der Waals surface area (Å²) in [6.07, 6.45) is 5.16. The first-order valence-corrected chi connectivity index (χ1v) is 10.8. The van der Waals surface area contributed by atoms with Gasteiger partial charge in [0, 0.05) is 25.6 Å². The first-order chi connectivity index (χ1) is 14.4. The second-order valence-corrected chi connectivity index (χ2v) is 8.90. The first kappa shape index (κ1) is 21.1. The lowest BCUT2D eigenvalue weighted by Gasteiger charge is -2.34. The predicted octanol–water partition coefficient (Wildman–Crippen LogP) is 0.978. The lowest BCUT2D eigenvalue weighted by atomic mass is 9.72. The lowest BCUT2D eigenvalue weighted by Crippen LogP contribution is -2.53. The lowest BCUT2D eigenvalue weighted by molar-refractivity contribution is -0.122. The number of benzene rings is 1. The molecule has 2 heterocycles. The molecule has 2 fully saturated rings. The molecule has 0 bridgehead atoms. The Morgan fingerprint density at radius 3 is 2.67 bits per heavy atom. The number of amides is 1. The molecule has 0 spiro atoms. The fraction of sp³-hybridized carbons (Fsp3) is 0.619. The third-order valence-electron chi connectivity index (χ3n) is 6.69. The molecule has 4 rings (SSSR count). The number of carboxylic acid groups (broad SMARTS) is 1. The Hall–Kier alpha value is -2.10. The number of carbonyl (C=O) groups excluding carboxylic acids is 1. The highest BCUT2D eigenvalue weighted by Crippen LogP contribution is 2.32. The van der Waals surface area contributed by atoms with Gasteiger partial charge in [-0.05, 0) is 56.7 Å². The highest BCUT2D eigenvalue weighted by Gasteiger charge is 2.38. The van der Waals surface area contributed by atoms with Crippen LogP contribution in [0.3, 0.4) is 0 Å². The molecule has 1 aromatic rings. The van der Waals surface area contributed by atoms with E-state index < -0.39 is 19.0 Å². The van der Waals surface area contributed by atoms with Crippen molar-refractivity contribution in [2.45, 2.75) is 50.5 Å². The zero-order chi connectivity index (χ0) is 21.3. The SMILES string of the molecule is CN1CCN(C2CCC(CC(=O)N[C@H]3Cc4cccc(C(=O)O)c4OB3O)CC2)C1. The van der Waals surface area contributed by atoms with Crippen LogP contribution in [0.15, 0.2) is 18.2 Å². The van der Waals surface area contributed by atoms with Crippen LogP contribution in [0.2, 0.25) is 0 Å². The van der Waals surface area contributed by atoms with Crippen molar-refractivity contribution in [1.82, 2.24) is 15.1 Å². The number of likely N-dealkylation sites (N-methyl/N-ethyl adjacent to an activating group) is 1. The molecule has 1 saturated carbocycles. The largest absolute Gasteiger partial charge is 0.547 e. The topological polar surface area (TPSA) is 102 Å². The van der Waals surface area contributed by atoms with Crippen molar-refractivity contribution in [2.75, 3.05) is 26.8 Å². The minimum atomic E-state index is -1.26. The minimum absolute atomic E-state index is 0.0253. The first-order valence-electron chi connectivity index (χ1n) is 10.8. The highest BCUT2D eigenvalue weighted by atomic mass is 16.5. The van der Waals surface area contributed by atoms with Crippen LogP contribution in [-0.4, -0.2) is 77.7 Å². The zero-order valence-electron chi connectivity index (χ0n) is 17.4. The summed E-state index contributed by atoms with van der Waals surface area (Å²) < 4.78 is 5.46. The number of hydrogen-bond acceptors (Lipinski definition) is 6. The Kier molecular flexibility index (Phi) is 6.31. The molecular formula is C21H30BN3O5. The molecule has 1 aliphatic carbocycles. The number of nitrogens with one attached hydrogen (secondary N) is 1. The Bertz CT molecular complexity index is 799. The fourth-order valence-corrected chi connectivity index (χ4v) is 5.01. The Labute approximate surface area is 177 Å². The van der Waals surface area contributed by atoms with Crippen molar-refractivity contribution in [3.63, 3.8) is 0 Å². The van der Waals surface area contributed by atoms with Gasteiger partial charge in [0.25, 0.3) is 0 Å². The highest BCUT2D eigenvalue weighted by molar-refractivity contribution is 6.47. The standard InChI is InChI=1S/C21H30BN3O5/c1-24-9-10-25(13-24)16-7-5-14(6-8-16)11-19(26)23-18-12-15-3-2-4-17(21(27)28)20(15)30-22(18)29/h2-4,14,16,18,29H,5-13H2,1H3,(H,23,26)(H,27,28)/t14?,16?,18-/m0/s1. The normalized spacial score (nSPS) is 27.4. The zero-order valence-corrected chi connectivity index (χ0v) is 17.4. The van der Waals surface area contributed by atoms with Gasteiger partial charge in [-0.1, -0.05) is 12.1 Å². The van der Waals surface area contributed by atoms with E-state index >= 15 is 0 Å². The Morgan fingerprint density at radius 2 is 2.00 bits per heavy atom. The molecule has 0 radical (unpaired) electrons. The van der Waals surface area contributed by atoms with Crippen molar-refractivity contribution >= 4 is 19.0 Å². The molecule has 8 nitrogen and oxygen atoms in total. The third kappa shape index (κ3) is 4.63. The van der Waals surface area contributed by atoms with E-state index in [2.05, 4.69) is 22.2 Å². The minimum Gasteiger partial charge on any atom is -0.534 e. The monoisotopic (exact) mass is 415 g/mol. The van der Waals surface area contributed by atoms with Gasteiger partial charge in [0.1, 0.15) is 5.75 Å². The van der Waals surface area contributed by atoms with Crippen LogP contribution >= 0.6 is 0 Å². The Balaban J connectivity index is 1.28. The number of hydrogen-bond donors (Lipinski definition) is 3. The summed E-state index contributed by atoms with van der Waals surface area (Å²) in [5.41, 5.74) is 0.707. The van der Waals surface area contributed by atoms with Crippen LogP contribution in [0.25, 0.3) is 0 Å². The smallest absolute Gasteiger partial charge is 0.534 e. The molecule has 3 aliphatic rings. The van der Waals surface area contributed by atoms with E-state index in [9.17, 15) is 19.7 Å². The van der Waals surface area contributed by atoms with Crippen LogP contribution in [-0.2, 0) is 11.2 Å². The summed E-state index contributed by atoms with van der Waals surface area (Å²) >= 11 is 0. The molecule has 2 aliphatic heterocycles. The summed E-state index contributed by atoms with van der Waals surface area (Å²) in [4.78, 5) is 28.8. The Morgan fingerprint density at radius 1 is 1.23 bits per heavy atom. The van der Waals surface area contributed by atoms with Gasteiger partial charge in [0.2, 0.25) is 5.91 Å². The molecule has 9 heteroatoms. The van der Waals surface area contributed by atoms with Gasteiger partial charge in [-0.15, -0.1) is 0 Å². The average Bonchev–Trinajstić information content (AvgIpc) is 3.15. The second-order valence-electron chi connectivity index (χ2n) is 8.90. The number of para-hydroxylation sites is 1. The van der Waals surface area contributed by atoms with Gasteiger partial charge < -0.3 is 20.1 Å². The molecule has 162 valence electrons. The molecular weight excluding hydrogens is 385 g/mol. The molecule has 30 heavy (non-hydrogen) atoms. The van der Waals surface area contributed by atoms with E-state index in [4.69, 9.17) is 4.65 Å². The number of fused-ring (bicyclic) bond motifs is 1. The van der Waals surface area contributed by atoms with E-state index in [0.717, 1.165) is 45.4 Å². The quantitative estimate of drug-likeness (QED) is 0.616. The van der Waals surface area contributed by atoms with E-state index in [0.29, 0.717) is 30.4 Å². The molecule has 3 N–H and O–H groups in total. The van der Waals surface area contributed by atoms with Gasteiger partial charge >= 0.3 is 13.1 Å². The van der Waals surface area contributed by atoms with Crippen molar-refractivity contribution in [1.29, 1.82) is 0 Å². The molecule has 1 aromatic carbocycles. The molecule has 1 atom stereocenters. The van der Waals surface area contributed by atoms with E-state index in [1.807, 2.05) is 0 Å². The maximum atomic E-state index is 12.6. The van der Waals surface area contributed by atoms with Crippen molar-refractivity contribution in [3.8, 4) is 5.75 Å². The van der Waals surface area contributed by atoms with Gasteiger partial charge in [-0.25, -0.2) is 4.79 Å². The number of carboxylic acids is 1. The number of aromatic carboxylic acids is 1. The third-order valence-corrected chi connectivity index (χ3v) is 6.69. The van der Waals surface area contributed by atoms with Crippen LogP contribution in [0.5, 0.6) is 5.75 Å². The van der Waals surface area contributed by atoms with Crippen LogP contribution in [0.4, 0.5) is 0 Å². The van der Waals surface area contributed by atoms with E-state index in [1.54, 1.807) is 12.1 Å². The molecule has 0 aromatic heterocycles. The summed E-state index contributed by atoms with van der Waals surface area (Å²) in [5, 5.41) is 22.5. The van der Waals surface area contributed by atoms with Crippen LogP contribution < -0.4 is 9.97 Å². The maximum Gasteiger partial charge on any atom is 0.547 e. The summed E-state index contributed by atoms with van der Waals surface area (Å²) in [5.74, 6) is -1.20. The molecule has 1 amide bonds. The average molecular weight is 415 g/mol. The van der Waals surface area contributed by atoms with Gasteiger partial charge in [-0.2, -0.15) is 0 Å². The fourth-order valence-electron chi connectivity index (χ4n) is 5.01. The summed E-state index contributed by atoms with van der Waals surface area (Å²) in [7, 11) is 0.894. The van der Waals surface area contributed by atoms with Gasteiger partial charge in [-0.3, -0.25) is 14.6 Å². The van der Waals surface area contributed by atoms with Crippen molar-refractivity contribution in [3.05, 3.63) is 29.3 Å². The second kappa shape index (κ2) is 8.95. The summed E-state index contributed by atoms with van der Waals surface area (Å²) in [6, 6.07) is 5.49. The van der Waals surface area contributed by atoms with Crippen LogP contribution in [0.1, 0.15) is 48.0 Å². The number of carbonyl (C=O) groups is 2. The molecule has 1 saturated heterocycles. The maximum absolute atomic E-state index is 12.6. The van der Waals surface area contributed by atoms with Crippen LogP contribution in [0, 0.1) is 5.92 Å². The van der Waals surface area contributed by atoms with Gasteiger partial charge in [0.15, 0.2) is 0 Å². The van der Waals surface area contributed by atoms with Gasteiger partial charge in [0.05, 0.1) is 18.2 Å². The van der Waals surface area contributed by atoms with Crippen molar-refractivity contribution < 1.29 is 24.4 Å². The molecule has 0 unspecified atom stereocenters. The van der Waals surface area contributed by atoms with E-state index in [1.165, 1.54) is 6.07 Å².